The van der Waals surface area contributed by atoms with Crippen molar-refractivity contribution in [3.8, 4) is 5.75 Å². The Labute approximate surface area is 115 Å². The average Bonchev–Trinajstić information content (AvgIpc) is 2.38. The van der Waals surface area contributed by atoms with Crippen LogP contribution in [0.4, 0.5) is 5.69 Å². The molecule has 1 amide bonds. The minimum atomic E-state index is 0.0343. The molecule has 0 aliphatic carbocycles. The maximum atomic E-state index is 11.3. The van der Waals surface area contributed by atoms with Crippen molar-refractivity contribution in [2.24, 2.45) is 0 Å². The number of ether oxygens (including phenoxy) is 1. The van der Waals surface area contributed by atoms with E-state index >= 15 is 0 Å². The minimum Gasteiger partial charge on any atom is -0.491 e. The third-order valence-corrected chi connectivity index (χ3v) is 2.93. The second-order valence-corrected chi connectivity index (χ2v) is 4.79. The van der Waals surface area contributed by atoms with Gasteiger partial charge in [0.15, 0.2) is 0 Å². The van der Waals surface area contributed by atoms with E-state index in [0.29, 0.717) is 6.42 Å². The molecule has 0 spiro atoms. The number of hydrogen-bond donors (Lipinski definition) is 2. The summed E-state index contributed by atoms with van der Waals surface area (Å²) in [7, 11) is 1.65. The lowest BCUT2D eigenvalue weighted by Gasteiger charge is -2.17. The summed E-state index contributed by atoms with van der Waals surface area (Å²) in [5.41, 5.74) is 0.970. The van der Waals surface area contributed by atoms with Gasteiger partial charge in [-0.25, -0.2) is 0 Å². The lowest BCUT2D eigenvalue weighted by atomic mass is 10.2. The zero-order valence-electron chi connectivity index (χ0n) is 12.2. The Kier molecular flexibility index (Phi) is 6.19. The first-order valence-corrected chi connectivity index (χ1v) is 6.79. The van der Waals surface area contributed by atoms with Gasteiger partial charge in [-0.3, -0.25) is 4.79 Å². The number of benzene rings is 1. The van der Waals surface area contributed by atoms with Crippen LogP contribution < -0.4 is 15.4 Å². The second kappa shape index (κ2) is 7.67. The molecule has 0 fully saturated rings. The van der Waals surface area contributed by atoms with Crippen molar-refractivity contribution in [3.05, 3.63) is 24.3 Å². The summed E-state index contributed by atoms with van der Waals surface area (Å²) in [6.07, 6.45) is 1.64. The number of hydrogen-bond acceptors (Lipinski definition) is 3. The van der Waals surface area contributed by atoms with E-state index in [-0.39, 0.29) is 18.1 Å². The molecule has 1 rings (SSSR count). The summed E-state index contributed by atoms with van der Waals surface area (Å²) in [5.74, 6) is 0.888. The lowest BCUT2D eigenvalue weighted by Crippen LogP contribution is -2.26. The Morgan fingerprint density at radius 1 is 1.37 bits per heavy atom. The normalized spacial score (nSPS) is 13.5. The van der Waals surface area contributed by atoms with E-state index in [9.17, 15) is 4.79 Å². The predicted octanol–water partition coefficient (Wildman–Crippen LogP) is 2.80. The lowest BCUT2D eigenvalue weighted by molar-refractivity contribution is -0.120. The Balaban J connectivity index is 2.58. The van der Waals surface area contributed by atoms with Gasteiger partial charge in [-0.05, 0) is 32.4 Å². The molecular formula is C15H24N2O2. The quantitative estimate of drug-likeness (QED) is 0.796. The fourth-order valence-electron chi connectivity index (χ4n) is 1.69. The summed E-state index contributed by atoms with van der Waals surface area (Å²) < 4.78 is 5.77. The first kappa shape index (κ1) is 15.3. The van der Waals surface area contributed by atoms with Crippen molar-refractivity contribution < 1.29 is 9.53 Å². The molecule has 2 atom stereocenters. The molecule has 1 aromatic rings. The molecule has 2 N–H and O–H groups in total. The van der Waals surface area contributed by atoms with Crippen LogP contribution in [0.15, 0.2) is 24.3 Å². The Bertz CT molecular complexity index is 407. The Morgan fingerprint density at radius 2 is 2.11 bits per heavy atom. The molecule has 1 aromatic carbocycles. The topological polar surface area (TPSA) is 50.4 Å². The van der Waals surface area contributed by atoms with Crippen LogP contribution in [0.3, 0.4) is 0 Å². The first-order valence-electron chi connectivity index (χ1n) is 6.79. The van der Waals surface area contributed by atoms with Gasteiger partial charge in [0, 0.05) is 31.3 Å². The summed E-state index contributed by atoms with van der Waals surface area (Å²) in [6, 6.07) is 7.92. The van der Waals surface area contributed by atoms with Gasteiger partial charge in [-0.2, -0.15) is 0 Å². The van der Waals surface area contributed by atoms with E-state index in [2.05, 4.69) is 17.6 Å². The number of rotatable bonds is 7. The number of nitrogens with one attached hydrogen (secondary N) is 2. The smallest absolute Gasteiger partial charge is 0.221 e. The Hall–Kier alpha value is -1.71. The molecule has 0 aliphatic heterocycles. The van der Waals surface area contributed by atoms with Crippen LogP contribution in [-0.2, 0) is 4.79 Å². The van der Waals surface area contributed by atoms with Crippen molar-refractivity contribution >= 4 is 11.6 Å². The molecule has 4 nitrogen and oxygen atoms in total. The van der Waals surface area contributed by atoms with E-state index in [1.165, 1.54) is 0 Å². The molecule has 0 unspecified atom stereocenters. The van der Waals surface area contributed by atoms with Gasteiger partial charge in [0.05, 0.1) is 6.10 Å². The van der Waals surface area contributed by atoms with Crippen LogP contribution in [0.25, 0.3) is 0 Å². The second-order valence-electron chi connectivity index (χ2n) is 4.79. The van der Waals surface area contributed by atoms with Crippen molar-refractivity contribution in [2.45, 2.75) is 45.8 Å². The molecule has 0 saturated heterocycles. The largest absolute Gasteiger partial charge is 0.491 e. The van der Waals surface area contributed by atoms with Crippen LogP contribution >= 0.6 is 0 Å². The highest BCUT2D eigenvalue weighted by molar-refractivity contribution is 5.76. The Morgan fingerprint density at radius 3 is 2.74 bits per heavy atom. The highest BCUT2D eigenvalue weighted by Crippen LogP contribution is 2.20. The molecule has 19 heavy (non-hydrogen) atoms. The molecule has 0 saturated carbocycles. The standard InChI is InChI=1S/C15H24N2O2/c1-5-12(3)19-14-8-6-7-13(10-14)17-11(2)9-15(18)16-4/h6-8,10-12,17H,5,9H2,1-4H3,(H,16,18)/t11-,12+/m0/s1. The van der Waals surface area contributed by atoms with Gasteiger partial charge < -0.3 is 15.4 Å². The molecule has 0 bridgehead atoms. The van der Waals surface area contributed by atoms with Crippen molar-refractivity contribution in [1.29, 1.82) is 0 Å². The molecule has 106 valence electrons. The van der Waals surface area contributed by atoms with Gasteiger partial charge in [0.25, 0.3) is 0 Å². The van der Waals surface area contributed by atoms with Gasteiger partial charge >= 0.3 is 0 Å². The van der Waals surface area contributed by atoms with Crippen molar-refractivity contribution in [2.75, 3.05) is 12.4 Å². The highest BCUT2D eigenvalue weighted by atomic mass is 16.5. The monoisotopic (exact) mass is 264 g/mol. The highest BCUT2D eigenvalue weighted by Gasteiger charge is 2.08. The van der Waals surface area contributed by atoms with Crippen LogP contribution in [0.1, 0.15) is 33.6 Å². The third-order valence-electron chi connectivity index (χ3n) is 2.93. The van der Waals surface area contributed by atoms with Crippen LogP contribution in [-0.4, -0.2) is 25.1 Å². The molecule has 0 heterocycles. The van der Waals surface area contributed by atoms with Gasteiger partial charge in [-0.15, -0.1) is 0 Å². The van der Waals surface area contributed by atoms with E-state index in [1.54, 1.807) is 7.05 Å². The zero-order chi connectivity index (χ0) is 14.3. The van der Waals surface area contributed by atoms with Crippen LogP contribution in [0.2, 0.25) is 0 Å². The summed E-state index contributed by atoms with van der Waals surface area (Å²) in [6.45, 7) is 6.13. The van der Waals surface area contributed by atoms with Crippen LogP contribution in [0, 0.1) is 0 Å². The maximum absolute atomic E-state index is 11.3. The third kappa shape index (κ3) is 5.64. The van der Waals surface area contributed by atoms with E-state index in [1.807, 2.05) is 38.1 Å². The average molecular weight is 264 g/mol. The number of carbonyl (C=O) groups is 1. The van der Waals surface area contributed by atoms with Crippen LogP contribution in [0.5, 0.6) is 5.75 Å². The SMILES string of the molecule is CC[C@@H](C)Oc1cccc(N[C@@H](C)CC(=O)NC)c1. The van der Waals surface area contributed by atoms with E-state index in [4.69, 9.17) is 4.74 Å². The molecule has 4 heteroatoms. The van der Waals surface area contributed by atoms with Gasteiger partial charge in [-0.1, -0.05) is 13.0 Å². The van der Waals surface area contributed by atoms with E-state index < -0.39 is 0 Å². The molecule has 0 aliphatic rings. The summed E-state index contributed by atoms with van der Waals surface area (Å²) >= 11 is 0. The fourth-order valence-corrected chi connectivity index (χ4v) is 1.69. The van der Waals surface area contributed by atoms with E-state index in [0.717, 1.165) is 17.9 Å². The van der Waals surface area contributed by atoms with Crippen molar-refractivity contribution in [1.82, 2.24) is 5.32 Å². The summed E-state index contributed by atoms with van der Waals surface area (Å²) in [5, 5.41) is 5.92. The number of amides is 1. The first-order chi connectivity index (χ1) is 9.05. The minimum absolute atomic E-state index is 0.0343. The number of anilines is 1. The maximum Gasteiger partial charge on any atom is 0.221 e. The zero-order valence-corrected chi connectivity index (χ0v) is 12.2. The fraction of sp³-hybridized carbons (Fsp3) is 0.533. The van der Waals surface area contributed by atoms with Crippen molar-refractivity contribution in [3.63, 3.8) is 0 Å². The van der Waals surface area contributed by atoms with Gasteiger partial charge in [0.2, 0.25) is 5.91 Å². The van der Waals surface area contributed by atoms with Gasteiger partial charge in [0.1, 0.15) is 5.75 Å². The number of carbonyl (C=O) groups excluding carboxylic acids is 1. The molecular weight excluding hydrogens is 240 g/mol. The predicted molar refractivity (Wildman–Crippen MR) is 78.6 cm³/mol. The molecule has 0 aromatic heterocycles. The molecule has 0 radical (unpaired) electrons. The summed E-state index contributed by atoms with van der Waals surface area (Å²) in [4.78, 5) is 11.3.